The van der Waals surface area contributed by atoms with Crippen molar-refractivity contribution < 1.29 is 21.1 Å². The van der Waals surface area contributed by atoms with Gasteiger partial charge < -0.3 is 0 Å². The Morgan fingerprint density at radius 3 is 2.14 bits per heavy atom. The van der Waals surface area contributed by atoms with Gasteiger partial charge in [0, 0.05) is 0 Å². The summed E-state index contributed by atoms with van der Waals surface area (Å²) in [6, 6.07) is 1.77. The van der Waals surface area contributed by atoms with E-state index in [0.29, 0.717) is 4.04 Å². The number of rotatable bonds is 0. The molecule has 0 bridgehead atoms. The van der Waals surface area contributed by atoms with Crippen LogP contribution >= 0.6 is 0 Å². The van der Waals surface area contributed by atoms with Crippen molar-refractivity contribution in [2.75, 3.05) is 0 Å². The molecule has 0 unspecified atom stereocenters. The number of nitrogens with zero attached hydrogens (tertiary/aromatic N) is 2. The zero-order valence-electron chi connectivity index (χ0n) is 3.43. The van der Waals surface area contributed by atoms with Crippen LogP contribution in [0.4, 0.5) is 0 Å². The molecular weight excluding hydrogens is 184 g/mol. The Balaban J connectivity index is 3.02. The van der Waals surface area contributed by atoms with Crippen LogP contribution in [-0.4, -0.2) is 9.97 Å². The van der Waals surface area contributed by atoms with E-state index in [1.54, 1.807) is 18.5 Å². The van der Waals surface area contributed by atoms with E-state index >= 15 is 0 Å². The first-order valence-corrected chi connectivity index (χ1v) is 2.52. The van der Waals surface area contributed by atoms with Gasteiger partial charge in [-0.3, -0.25) is 0 Å². The van der Waals surface area contributed by atoms with Crippen molar-refractivity contribution in [3.63, 3.8) is 0 Å². The molecule has 0 radical (unpaired) electrons. The first-order chi connectivity index (χ1) is 3.39. The summed E-state index contributed by atoms with van der Waals surface area (Å²) in [5.41, 5.74) is 0. The first kappa shape index (κ1) is 4.97. The summed E-state index contributed by atoms with van der Waals surface area (Å²) >= 11 is 3.11. The third-order valence-corrected chi connectivity index (χ3v) is 0.897. The molecule has 0 spiro atoms. The maximum absolute atomic E-state index is 3.78. The Morgan fingerprint density at radius 1 is 1.29 bits per heavy atom. The van der Waals surface area contributed by atoms with E-state index in [4.69, 9.17) is 0 Å². The molecule has 40 valence electrons. The van der Waals surface area contributed by atoms with Gasteiger partial charge in [-0.1, -0.05) is 0 Å². The summed E-state index contributed by atoms with van der Waals surface area (Å²) in [5.74, 6) is 0. The average molecular weight is 187 g/mol. The molecule has 1 rings (SSSR count). The van der Waals surface area contributed by atoms with Crippen molar-refractivity contribution in [3.8, 4) is 0 Å². The van der Waals surface area contributed by atoms with Gasteiger partial charge in [0.1, 0.15) is 0 Å². The van der Waals surface area contributed by atoms with Crippen molar-refractivity contribution >= 4 is 4.04 Å². The number of hydrogen-bond acceptors (Lipinski definition) is 2. The molecule has 0 fully saturated rings. The molecule has 1 heterocycles. The topological polar surface area (TPSA) is 25.8 Å². The minimum atomic E-state index is 0.632. The zero-order valence-corrected chi connectivity index (χ0v) is 4.91. The van der Waals surface area contributed by atoms with Gasteiger partial charge >= 0.3 is 53.5 Å². The summed E-state index contributed by atoms with van der Waals surface area (Å²) in [5, 5.41) is 0. The third-order valence-electron chi connectivity index (χ3n) is 0.515. The summed E-state index contributed by atoms with van der Waals surface area (Å²) in [6.07, 6.45) is 3.35. The molecular formula is C4H3AgN2. The van der Waals surface area contributed by atoms with E-state index in [1.807, 2.05) is 0 Å². The molecule has 0 aliphatic rings. The summed E-state index contributed by atoms with van der Waals surface area (Å²) in [7, 11) is 0. The molecule has 3 heteroatoms. The van der Waals surface area contributed by atoms with E-state index in [2.05, 4.69) is 31.0 Å². The number of aromatic nitrogens is 2. The van der Waals surface area contributed by atoms with Gasteiger partial charge in [-0.05, 0) is 0 Å². The fourth-order valence-corrected chi connectivity index (χ4v) is 0.490. The molecule has 0 atom stereocenters. The molecule has 0 saturated carbocycles. The predicted molar refractivity (Wildman–Crippen MR) is 21.7 cm³/mol. The van der Waals surface area contributed by atoms with E-state index in [1.165, 1.54) is 0 Å². The van der Waals surface area contributed by atoms with Crippen LogP contribution in [0.25, 0.3) is 0 Å². The summed E-state index contributed by atoms with van der Waals surface area (Å²) in [6.45, 7) is 0. The first-order valence-electron chi connectivity index (χ1n) is 1.78. The molecule has 0 N–H and O–H groups in total. The van der Waals surface area contributed by atoms with Gasteiger partial charge in [0.2, 0.25) is 0 Å². The maximum atomic E-state index is 3.78. The van der Waals surface area contributed by atoms with Crippen molar-refractivity contribution in [2.45, 2.75) is 0 Å². The van der Waals surface area contributed by atoms with Gasteiger partial charge in [-0.15, -0.1) is 0 Å². The Kier molecular flexibility index (Phi) is 1.57. The van der Waals surface area contributed by atoms with Crippen molar-refractivity contribution in [3.05, 3.63) is 18.5 Å². The van der Waals surface area contributed by atoms with Crippen LogP contribution in [0.3, 0.4) is 0 Å². The van der Waals surface area contributed by atoms with Gasteiger partial charge in [0.25, 0.3) is 0 Å². The second-order valence-corrected chi connectivity index (χ2v) is 1.65. The normalized spacial score (nSPS) is 8.86. The van der Waals surface area contributed by atoms with E-state index in [0.717, 1.165) is 0 Å². The van der Waals surface area contributed by atoms with E-state index in [9.17, 15) is 0 Å². The van der Waals surface area contributed by atoms with E-state index in [-0.39, 0.29) is 0 Å². The van der Waals surface area contributed by atoms with E-state index < -0.39 is 0 Å². The SMILES string of the molecule is [Ag][c]1ncccn1. The molecule has 1 aromatic heterocycles. The fourth-order valence-electron chi connectivity index (χ4n) is 0.270. The minimum absolute atomic E-state index is 0.632. The Hall–Kier alpha value is -0.180. The van der Waals surface area contributed by atoms with Crippen LogP contribution in [0.5, 0.6) is 0 Å². The molecule has 0 aliphatic carbocycles. The second kappa shape index (κ2) is 2.21. The van der Waals surface area contributed by atoms with Gasteiger partial charge in [-0.25, -0.2) is 0 Å². The third kappa shape index (κ3) is 1.39. The summed E-state index contributed by atoms with van der Waals surface area (Å²) in [4.78, 5) is 7.57. The average Bonchev–Trinajstić information content (AvgIpc) is 1.69. The molecule has 0 amide bonds. The van der Waals surface area contributed by atoms with Gasteiger partial charge in [0.05, 0.1) is 0 Å². The van der Waals surface area contributed by atoms with Gasteiger partial charge in [0.15, 0.2) is 0 Å². The van der Waals surface area contributed by atoms with Crippen LogP contribution in [0.2, 0.25) is 0 Å². The fraction of sp³-hybridized carbons (Fsp3) is 0. The Bertz CT molecular complexity index is 140. The van der Waals surface area contributed by atoms with Gasteiger partial charge in [-0.2, -0.15) is 0 Å². The zero-order chi connectivity index (χ0) is 5.11. The van der Waals surface area contributed by atoms with Crippen LogP contribution in [0, 0.1) is 0 Å². The van der Waals surface area contributed by atoms with Crippen LogP contribution < -0.4 is 4.04 Å². The van der Waals surface area contributed by atoms with Crippen molar-refractivity contribution in [1.29, 1.82) is 0 Å². The molecule has 1 aromatic rings. The predicted octanol–water partition coefficient (Wildman–Crippen LogP) is -0.351. The van der Waals surface area contributed by atoms with Crippen molar-refractivity contribution in [2.24, 2.45) is 0 Å². The molecule has 0 saturated heterocycles. The van der Waals surface area contributed by atoms with Crippen LogP contribution in [0.15, 0.2) is 18.5 Å². The summed E-state index contributed by atoms with van der Waals surface area (Å²) < 4.78 is 0.632. The Morgan fingerprint density at radius 2 is 1.86 bits per heavy atom. The molecule has 0 aliphatic heterocycles. The number of hydrogen-bond donors (Lipinski definition) is 0. The molecule has 2 nitrogen and oxygen atoms in total. The Labute approximate surface area is 53.9 Å². The molecule has 0 aromatic carbocycles. The van der Waals surface area contributed by atoms with Crippen LogP contribution in [-0.2, 0) is 21.1 Å². The van der Waals surface area contributed by atoms with Crippen molar-refractivity contribution in [1.82, 2.24) is 9.97 Å². The second-order valence-electron chi connectivity index (χ2n) is 0.984. The standard InChI is InChI=1S/C4H3N2.Ag/c1-2-5-4-6-3-1;/h1-3H;. The quantitative estimate of drug-likeness (QED) is 0.518. The van der Waals surface area contributed by atoms with Crippen LogP contribution in [0.1, 0.15) is 0 Å². The monoisotopic (exact) mass is 186 g/mol. The molecule has 7 heavy (non-hydrogen) atoms.